The van der Waals surface area contributed by atoms with Crippen molar-refractivity contribution in [3.8, 4) is 0 Å². The smallest absolute Gasteiger partial charge is 0.269 e. The van der Waals surface area contributed by atoms with Crippen LogP contribution in [0.1, 0.15) is 5.56 Å². The zero-order valence-corrected chi connectivity index (χ0v) is 12.0. The van der Waals surface area contributed by atoms with Crippen molar-refractivity contribution in [1.29, 1.82) is 0 Å². The fourth-order valence-corrected chi connectivity index (χ4v) is 2.65. The number of benzene rings is 2. The number of nitro benzene ring substituents is 1. The van der Waals surface area contributed by atoms with Gasteiger partial charge in [-0.25, -0.2) is 0 Å². The zero-order chi connectivity index (χ0) is 14.8. The van der Waals surface area contributed by atoms with E-state index in [-0.39, 0.29) is 10.6 Å². The first-order chi connectivity index (χ1) is 10.1. The summed E-state index contributed by atoms with van der Waals surface area (Å²) in [5, 5.41) is 12.4. The topological polar surface area (TPSA) is 48.1 Å². The third kappa shape index (κ3) is 2.76. The first kappa shape index (κ1) is 13.6. The minimum Gasteiger partial charge on any atom is -0.347 e. The summed E-state index contributed by atoms with van der Waals surface area (Å²) in [6.07, 6.45) is 2.83. The Morgan fingerprint density at radius 2 is 1.86 bits per heavy atom. The van der Waals surface area contributed by atoms with Crippen LogP contribution in [0, 0.1) is 10.1 Å². The highest BCUT2D eigenvalue weighted by molar-refractivity contribution is 6.35. The van der Waals surface area contributed by atoms with Crippen LogP contribution in [0.4, 0.5) is 5.69 Å². The predicted octanol–water partition coefficient (Wildman–Crippen LogP) is 4.45. The monoisotopic (exact) mass is 300 g/mol. The highest BCUT2D eigenvalue weighted by Crippen LogP contribution is 2.24. The van der Waals surface area contributed by atoms with E-state index in [1.807, 2.05) is 30.5 Å². The van der Waals surface area contributed by atoms with Gasteiger partial charge < -0.3 is 4.57 Å². The molecule has 0 atom stereocenters. The minimum absolute atomic E-state index is 0.122. The standard InChI is InChI=1S/C16H13ClN2O2/c17-15-2-1-3-16-14(15)9-11-18(16)10-8-12-4-6-13(7-5-12)19(20)21/h1-7,9,11H,8,10H2. The van der Waals surface area contributed by atoms with Crippen LogP contribution < -0.4 is 0 Å². The molecule has 2 aromatic carbocycles. The van der Waals surface area contributed by atoms with E-state index in [1.165, 1.54) is 0 Å². The first-order valence-electron chi connectivity index (χ1n) is 6.62. The summed E-state index contributed by atoms with van der Waals surface area (Å²) >= 11 is 6.16. The molecule has 0 aliphatic rings. The van der Waals surface area contributed by atoms with Crippen LogP contribution in [0.15, 0.2) is 54.7 Å². The Bertz CT molecular complexity index is 794. The predicted molar refractivity (Wildman–Crippen MR) is 83.7 cm³/mol. The van der Waals surface area contributed by atoms with Crippen molar-refractivity contribution in [1.82, 2.24) is 4.57 Å². The Morgan fingerprint density at radius 1 is 1.10 bits per heavy atom. The summed E-state index contributed by atoms with van der Waals surface area (Å²) in [7, 11) is 0. The summed E-state index contributed by atoms with van der Waals surface area (Å²) < 4.78 is 2.14. The number of non-ortho nitro benzene ring substituents is 1. The number of nitrogens with zero attached hydrogens (tertiary/aromatic N) is 2. The van der Waals surface area contributed by atoms with Crippen LogP contribution in [0.5, 0.6) is 0 Å². The van der Waals surface area contributed by atoms with Crippen LogP contribution >= 0.6 is 11.6 Å². The van der Waals surface area contributed by atoms with Gasteiger partial charge >= 0.3 is 0 Å². The van der Waals surface area contributed by atoms with Gasteiger partial charge in [-0.05, 0) is 30.2 Å². The maximum Gasteiger partial charge on any atom is 0.269 e. The van der Waals surface area contributed by atoms with Crippen LogP contribution in [0.2, 0.25) is 5.02 Å². The average Bonchev–Trinajstić information content (AvgIpc) is 2.90. The van der Waals surface area contributed by atoms with E-state index in [9.17, 15) is 10.1 Å². The van der Waals surface area contributed by atoms with E-state index < -0.39 is 0 Å². The van der Waals surface area contributed by atoms with E-state index in [0.717, 1.165) is 34.5 Å². The molecule has 0 fully saturated rings. The molecule has 0 amide bonds. The molecule has 3 aromatic rings. The molecule has 0 spiro atoms. The Balaban J connectivity index is 1.77. The number of aromatic nitrogens is 1. The van der Waals surface area contributed by atoms with Crippen LogP contribution in [-0.2, 0) is 13.0 Å². The van der Waals surface area contributed by atoms with E-state index in [4.69, 9.17) is 11.6 Å². The van der Waals surface area contributed by atoms with Crippen LogP contribution in [-0.4, -0.2) is 9.49 Å². The van der Waals surface area contributed by atoms with Gasteiger partial charge in [0.1, 0.15) is 0 Å². The quantitative estimate of drug-likeness (QED) is 0.528. The summed E-state index contributed by atoms with van der Waals surface area (Å²) in [6, 6.07) is 14.6. The Morgan fingerprint density at radius 3 is 2.57 bits per heavy atom. The summed E-state index contributed by atoms with van der Waals surface area (Å²) in [6.45, 7) is 0.807. The molecule has 0 aliphatic carbocycles. The average molecular weight is 301 g/mol. The van der Waals surface area contributed by atoms with Gasteiger partial charge in [-0.2, -0.15) is 0 Å². The van der Waals surface area contributed by atoms with Gasteiger partial charge in [0.15, 0.2) is 0 Å². The van der Waals surface area contributed by atoms with Gasteiger partial charge in [0, 0.05) is 40.8 Å². The van der Waals surface area contributed by atoms with Crippen molar-refractivity contribution in [2.75, 3.05) is 0 Å². The molecule has 0 saturated carbocycles. The third-order valence-corrected chi connectivity index (χ3v) is 3.88. The summed E-state index contributed by atoms with van der Waals surface area (Å²) in [4.78, 5) is 10.2. The van der Waals surface area contributed by atoms with Crippen molar-refractivity contribution in [2.24, 2.45) is 0 Å². The molecule has 5 heteroatoms. The van der Waals surface area contributed by atoms with Gasteiger partial charge in [0.2, 0.25) is 0 Å². The second kappa shape index (κ2) is 5.58. The molecule has 0 unspecified atom stereocenters. The second-order valence-electron chi connectivity index (χ2n) is 4.86. The second-order valence-corrected chi connectivity index (χ2v) is 5.26. The molecule has 0 bridgehead atoms. The van der Waals surface area contributed by atoms with Gasteiger partial charge in [0.05, 0.1) is 4.92 Å². The molecule has 3 rings (SSSR count). The molecule has 21 heavy (non-hydrogen) atoms. The van der Waals surface area contributed by atoms with Gasteiger partial charge in [-0.1, -0.05) is 29.8 Å². The molecule has 4 nitrogen and oxygen atoms in total. The number of hydrogen-bond donors (Lipinski definition) is 0. The number of nitro groups is 1. The molecule has 0 N–H and O–H groups in total. The lowest BCUT2D eigenvalue weighted by molar-refractivity contribution is -0.384. The minimum atomic E-state index is -0.384. The van der Waals surface area contributed by atoms with Crippen LogP contribution in [0.3, 0.4) is 0 Å². The number of hydrogen-bond acceptors (Lipinski definition) is 2. The Hall–Kier alpha value is -2.33. The highest BCUT2D eigenvalue weighted by Gasteiger charge is 2.06. The zero-order valence-electron chi connectivity index (χ0n) is 11.2. The number of aryl methyl sites for hydroxylation is 2. The van der Waals surface area contributed by atoms with Crippen molar-refractivity contribution < 1.29 is 4.92 Å². The lowest BCUT2D eigenvalue weighted by Gasteiger charge is -2.06. The lowest BCUT2D eigenvalue weighted by atomic mass is 10.1. The molecule has 0 aliphatic heterocycles. The Labute approximate surface area is 126 Å². The highest BCUT2D eigenvalue weighted by atomic mass is 35.5. The first-order valence-corrected chi connectivity index (χ1v) is 6.99. The van der Waals surface area contributed by atoms with Gasteiger partial charge in [-0.15, -0.1) is 0 Å². The maximum atomic E-state index is 10.6. The van der Waals surface area contributed by atoms with Gasteiger partial charge in [-0.3, -0.25) is 10.1 Å². The fourth-order valence-electron chi connectivity index (χ4n) is 2.41. The summed E-state index contributed by atoms with van der Waals surface area (Å²) in [5.41, 5.74) is 2.30. The van der Waals surface area contributed by atoms with Crippen molar-refractivity contribution >= 4 is 28.2 Å². The summed E-state index contributed by atoms with van der Waals surface area (Å²) in [5.74, 6) is 0. The van der Waals surface area contributed by atoms with Crippen molar-refractivity contribution in [2.45, 2.75) is 13.0 Å². The normalized spacial score (nSPS) is 10.9. The maximum absolute atomic E-state index is 10.6. The number of rotatable bonds is 4. The molecule has 1 aromatic heterocycles. The largest absolute Gasteiger partial charge is 0.347 e. The van der Waals surface area contributed by atoms with Crippen molar-refractivity contribution in [3.63, 3.8) is 0 Å². The molecular weight excluding hydrogens is 288 g/mol. The Kier molecular flexibility index (Phi) is 3.62. The molecular formula is C16H13ClN2O2. The van der Waals surface area contributed by atoms with E-state index >= 15 is 0 Å². The van der Waals surface area contributed by atoms with E-state index in [2.05, 4.69) is 4.57 Å². The number of fused-ring (bicyclic) bond motifs is 1. The van der Waals surface area contributed by atoms with Gasteiger partial charge in [0.25, 0.3) is 5.69 Å². The third-order valence-electron chi connectivity index (χ3n) is 3.55. The molecule has 1 heterocycles. The van der Waals surface area contributed by atoms with E-state index in [1.54, 1.807) is 24.3 Å². The fraction of sp³-hybridized carbons (Fsp3) is 0.125. The molecule has 0 radical (unpaired) electrons. The van der Waals surface area contributed by atoms with Crippen molar-refractivity contribution in [3.05, 3.63) is 75.4 Å². The SMILES string of the molecule is O=[N+]([O-])c1ccc(CCn2ccc3c(Cl)cccc32)cc1. The lowest BCUT2D eigenvalue weighted by Crippen LogP contribution is -1.99. The molecule has 0 saturated heterocycles. The van der Waals surface area contributed by atoms with Crippen LogP contribution in [0.25, 0.3) is 10.9 Å². The van der Waals surface area contributed by atoms with E-state index in [0.29, 0.717) is 0 Å². The number of halogens is 1. The molecule has 106 valence electrons.